The normalized spacial score (nSPS) is 11.3. The van der Waals surface area contributed by atoms with Crippen molar-refractivity contribution in [1.29, 1.82) is 0 Å². The molecule has 0 fully saturated rings. The van der Waals surface area contributed by atoms with Gasteiger partial charge in [-0.05, 0) is 22.4 Å². The minimum absolute atomic E-state index is 0.857. The van der Waals surface area contributed by atoms with Crippen molar-refractivity contribution in [2.24, 2.45) is 0 Å². The molecule has 2 aromatic heterocycles. The summed E-state index contributed by atoms with van der Waals surface area (Å²) in [7, 11) is 0. The number of fused-ring (bicyclic) bond motifs is 1. The molecule has 0 N–H and O–H groups in total. The Kier molecular flexibility index (Phi) is 7.39. The van der Waals surface area contributed by atoms with Crippen LogP contribution in [-0.2, 0) is 0 Å². The average Bonchev–Trinajstić information content (AvgIpc) is 3.01. The van der Waals surface area contributed by atoms with Gasteiger partial charge in [-0.3, -0.25) is 0 Å². The highest BCUT2D eigenvalue weighted by Crippen LogP contribution is 2.41. The van der Waals surface area contributed by atoms with Gasteiger partial charge in [-0.15, -0.1) is 22.7 Å². The SMILES string of the molecule is CCCCCCCCCCOc1csc2c(Br)csc12. The summed E-state index contributed by atoms with van der Waals surface area (Å²) in [5.74, 6) is 1.07. The summed E-state index contributed by atoms with van der Waals surface area (Å²) in [6.07, 6.45) is 10.8. The Morgan fingerprint density at radius 2 is 1.55 bits per heavy atom. The molecule has 0 aliphatic carbocycles. The lowest BCUT2D eigenvalue weighted by molar-refractivity contribution is 0.309. The minimum atomic E-state index is 0.857. The lowest BCUT2D eigenvalue weighted by Gasteiger charge is -2.04. The van der Waals surface area contributed by atoms with Gasteiger partial charge in [-0.1, -0.05) is 51.9 Å². The van der Waals surface area contributed by atoms with Crippen molar-refractivity contribution in [1.82, 2.24) is 0 Å². The Morgan fingerprint density at radius 3 is 2.30 bits per heavy atom. The van der Waals surface area contributed by atoms with Crippen molar-refractivity contribution in [3.05, 3.63) is 15.2 Å². The first kappa shape index (κ1) is 16.3. The van der Waals surface area contributed by atoms with Gasteiger partial charge in [-0.2, -0.15) is 0 Å². The van der Waals surface area contributed by atoms with E-state index in [0.29, 0.717) is 0 Å². The van der Waals surface area contributed by atoms with E-state index in [9.17, 15) is 0 Å². The fourth-order valence-electron chi connectivity index (χ4n) is 2.29. The number of ether oxygens (including phenoxy) is 1. The molecule has 4 heteroatoms. The van der Waals surface area contributed by atoms with Gasteiger partial charge in [0.15, 0.2) is 0 Å². The molecule has 0 atom stereocenters. The van der Waals surface area contributed by atoms with Crippen LogP contribution in [0.25, 0.3) is 9.40 Å². The van der Waals surface area contributed by atoms with Gasteiger partial charge in [0.25, 0.3) is 0 Å². The first-order valence-corrected chi connectivity index (χ1v) is 10.1. The molecule has 2 heterocycles. The number of unbranched alkanes of at least 4 members (excludes halogenated alkanes) is 7. The molecule has 112 valence electrons. The maximum absolute atomic E-state index is 5.92. The maximum atomic E-state index is 5.92. The second-order valence-corrected chi connectivity index (χ2v) is 7.78. The van der Waals surface area contributed by atoms with Crippen molar-refractivity contribution in [2.75, 3.05) is 6.61 Å². The molecule has 0 unspecified atom stereocenters. The molecular weight excluding hydrogens is 352 g/mol. The molecule has 0 bridgehead atoms. The summed E-state index contributed by atoms with van der Waals surface area (Å²) in [6, 6.07) is 0. The number of thiophene rings is 2. The highest BCUT2D eigenvalue weighted by Gasteiger charge is 2.09. The topological polar surface area (TPSA) is 9.23 Å². The first-order valence-electron chi connectivity index (χ1n) is 7.60. The second kappa shape index (κ2) is 9.06. The standard InChI is InChI=1S/C16H23BrOS2/c1-2-3-4-5-6-7-8-9-10-18-14-12-20-15-13(17)11-19-16(14)15/h11-12H,2-10H2,1H3. The lowest BCUT2D eigenvalue weighted by Crippen LogP contribution is -1.96. The van der Waals surface area contributed by atoms with Gasteiger partial charge >= 0.3 is 0 Å². The summed E-state index contributed by atoms with van der Waals surface area (Å²) >= 11 is 7.10. The van der Waals surface area contributed by atoms with Crippen LogP contribution in [0.1, 0.15) is 58.3 Å². The number of hydrogen-bond acceptors (Lipinski definition) is 3. The van der Waals surface area contributed by atoms with Crippen LogP contribution < -0.4 is 4.74 Å². The van der Waals surface area contributed by atoms with Crippen LogP contribution in [0.15, 0.2) is 15.2 Å². The molecule has 0 aliphatic rings. The number of rotatable bonds is 10. The fraction of sp³-hybridized carbons (Fsp3) is 0.625. The number of hydrogen-bond donors (Lipinski definition) is 0. The smallest absolute Gasteiger partial charge is 0.147 e. The third kappa shape index (κ3) is 4.74. The van der Waals surface area contributed by atoms with Gasteiger partial charge in [0.2, 0.25) is 0 Å². The molecule has 0 amide bonds. The van der Waals surface area contributed by atoms with Crippen LogP contribution in [0, 0.1) is 0 Å². The van der Waals surface area contributed by atoms with E-state index in [0.717, 1.165) is 12.4 Å². The Hall–Kier alpha value is -0.0600. The second-order valence-electron chi connectivity index (χ2n) is 5.17. The predicted octanol–water partition coefficient (Wildman–Crippen LogP) is 7.24. The summed E-state index contributed by atoms with van der Waals surface area (Å²) in [4.78, 5) is 0. The minimum Gasteiger partial charge on any atom is -0.491 e. The van der Waals surface area contributed by atoms with E-state index in [1.165, 1.54) is 65.2 Å². The van der Waals surface area contributed by atoms with E-state index >= 15 is 0 Å². The molecule has 2 aromatic rings. The van der Waals surface area contributed by atoms with Gasteiger partial charge in [0, 0.05) is 15.2 Å². The molecule has 0 spiro atoms. The van der Waals surface area contributed by atoms with Crippen LogP contribution in [0.3, 0.4) is 0 Å². The molecule has 0 aliphatic heterocycles. The van der Waals surface area contributed by atoms with Crippen LogP contribution in [0.5, 0.6) is 5.75 Å². The lowest BCUT2D eigenvalue weighted by atomic mass is 10.1. The van der Waals surface area contributed by atoms with Crippen molar-refractivity contribution < 1.29 is 4.74 Å². The van der Waals surface area contributed by atoms with Crippen molar-refractivity contribution in [3.63, 3.8) is 0 Å². The third-order valence-corrected chi connectivity index (χ3v) is 6.77. The van der Waals surface area contributed by atoms with Gasteiger partial charge in [0.05, 0.1) is 16.0 Å². The largest absolute Gasteiger partial charge is 0.491 e. The molecule has 2 rings (SSSR count). The Bertz CT molecular complexity index is 504. The van der Waals surface area contributed by atoms with E-state index in [-0.39, 0.29) is 0 Å². The molecule has 20 heavy (non-hydrogen) atoms. The summed E-state index contributed by atoms with van der Waals surface area (Å²) in [5.41, 5.74) is 0. The van der Waals surface area contributed by atoms with Crippen molar-refractivity contribution in [3.8, 4) is 5.75 Å². The monoisotopic (exact) mass is 374 g/mol. The zero-order chi connectivity index (χ0) is 14.2. The fourth-order valence-corrected chi connectivity index (χ4v) is 5.20. The Morgan fingerprint density at radius 1 is 0.900 bits per heavy atom. The van der Waals surface area contributed by atoms with Crippen LogP contribution in [-0.4, -0.2) is 6.61 Å². The van der Waals surface area contributed by atoms with Crippen LogP contribution in [0.4, 0.5) is 0 Å². The Labute approximate surface area is 138 Å². The van der Waals surface area contributed by atoms with E-state index in [1.54, 1.807) is 22.7 Å². The molecule has 1 nitrogen and oxygen atoms in total. The zero-order valence-electron chi connectivity index (χ0n) is 12.1. The van der Waals surface area contributed by atoms with E-state index in [2.05, 4.69) is 33.6 Å². The van der Waals surface area contributed by atoms with Gasteiger partial charge in [-0.25, -0.2) is 0 Å². The van der Waals surface area contributed by atoms with E-state index in [4.69, 9.17) is 4.74 Å². The summed E-state index contributed by atoms with van der Waals surface area (Å²) in [5, 5.41) is 4.28. The third-order valence-electron chi connectivity index (χ3n) is 3.47. The van der Waals surface area contributed by atoms with E-state index in [1.807, 2.05) is 0 Å². The van der Waals surface area contributed by atoms with Crippen LogP contribution in [0.2, 0.25) is 0 Å². The molecule has 0 radical (unpaired) electrons. The van der Waals surface area contributed by atoms with Crippen molar-refractivity contribution >= 4 is 48.0 Å². The Balaban J connectivity index is 1.57. The molecular formula is C16H23BrOS2. The average molecular weight is 375 g/mol. The molecule has 0 aromatic carbocycles. The highest BCUT2D eigenvalue weighted by molar-refractivity contribution is 9.10. The van der Waals surface area contributed by atoms with Gasteiger partial charge < -0.3 is 4.74 Å². The zero-order valence-corrected chi connectivity index (χ0v) is 15.3. The van der Waals surface area contributed by atoms with Crippen LogP contribution >= 0.6 is 38.6 Å². The number of halogens is 1. The summed E-state index contributed by atoms with van der Waals surface area (Å²) in [6.45, 7) is 3.13. The van der Waals surface area contributed by atoms with Gasteiger partial charge in [0.1, 0.15) is 5.75 Å². The summed E-state index contributed by atoms with van der Waals surface area (Å²) < 4.78 is 9.73. The van der Waals surface area contributed by atoms with Crippen molar-refractivity contribution in [2.45, 2.75) is 58.3 Å². The molecule has 0 saturated heterocycles. The van der Waals surface area contributed by atoms with E-state index < -0.39 is 0 Å². The first-order chi connectivity index (χ1) is 9.83. The predicted molar refractivity (Wildman–Crippen MR) is 95.5 cm³/mol. The molecule has 0 saturated carbocycles. The highest BCUT2D eigenvalue weighted by atomic mass is 79.9. The maximum Gasteiger partial charge on any atom is 0.147 e. The quantitative estimate of drug-likeness (QED) is 0.398.